The number of rotatable bonds is 2. The third-order valence-corrected chi connectivity index (χ3v) is 4.12. The van der Waals surface area contributed by atoms with Crippen molar-refractivity contribution in [3.05, 3.63) is 23.8 Å². The van der Waals surface area contributed by atoms with E-state index in [1.807, 2.05) is 12.1 Å². The number of benzene rings is 1. The Labute approximate surface area is 114 Å². The Morgan fingerprint density at radius 1 is 1.32 bits per heavy atom. The minimum atomic E-state index is 0.445. The molecule has 4 nitrogen and oxygen atoms in total. The standard InChI is InChI=1S/C15H22N2O2/c1-11-10-19-14-4-3-12(18-2)9-13(14)15(11)17-7-5-16-6-8-17/h3-4,9,11,15-16H,5-8,10H2,1-2H3. The average molecular weight is 262 g/mol. The van der Waals surface area contributed by atoms with Crippen LogP contribution in [0.2, 0.25) is 0 Å². The van der Waals surface area contributed by atoms with E-state index < -0.39 is 0 Å². The number of nitrogens with one attached hydrogen (secondary N) is 1. The van der Waals surface area contributed by atoms with E-state index in [1.54, 1.807) is 7.11 Å². The molecule has 0 radical (unpaired) electrons. The van der Waals surface area contributed by atoms with E-state index in [-0.39, 0.29) is 0 Å². The summed E-state index contributed by atoms with van der Waals surface area (Å²) < 4.78 is 11.2. The number of fused-ring (bicyclic) bond motifs is 1. The molecule has 0 aliphatic carbocycles. The highest BCUT2D eigenvalue weighted by molar-refractivity contribution is 5.43. The summed E-state index contributed by atoms with van der Waals surface area (Å²) in [5.41, 5.74) is 1.28. The fourth-order valence-corrected chi connectivity index (χ4v) is 3.15. The van der Waals surface area contributed by atoms with Crippen molar-refractivity contribution in [3.8, 4) is 11.5 Å². The van der Waals surface area contributed by atoms with Gasteiger partial charge in [0.25, 0.3) is 0 Å². The van der Waals surface area contributed by atoms with Gasteiger partial charge in [-0.2, -0.15) is 0 Å². The van der Waals surface area contributed by atoms with Crippen molar-refractivity contribution in [2.24, 2.45) is 5.92 Å². The maximum atomic E-state index is 5.86. The maximum absolute atomic E-state index is 5.86. The zero-order chi connectivity index (χ0) is 13.2. The minimum Gasteiger partial charge on any atom is -0.497 e. The molecule has 3 rings (SSSR count). The van der Waals surface area contributed by atoms with Gasteiger partial charge in [-0.05, 0) is 18.2 Å². The van der Waals surface area contributed by atoms with E-state index in [9.17, 15) is 0 Å². The van der Waals surface area contributed by atoms with Gasteiger partial charge in [0.15, 0.2) is 0 Å². The first-order valence-corrected chi connectivity index (χ1v) is 7.05. The van der Waals surface area contributed by atoms with Crippen LogP contribution in [0.3, 0.4) is 0 Å². The summed E-state index contributed by atoms with van der Waals surface area (Å²) in [6, 6.07) is 6.59. The van der Waals surface area contributed by atoms with Gasteiger partial charge in [0.2, 0.25) is 0 Å². The Bertz CT molecular complexity index is 444. The third kappa shape index (κ3) is 2.42. The van der Waals surface area contributed by atoms with Gasteiger partial charge >= 0.3 is 0 Å². The van der Waals surface area contributed by atoms with Crippen LogP contribution < -0.4 is 14.8 Å². The molecule has 0 spiro atoms. The quantitative estimate of drug-likeness (QED) is 0.879. The normalized spacial score (nSPS) is 27.5. The van der Waals surface area contributed by atoms with Crippen LogP contribution in [0.1, 0.15) is 18.5 Å². The van der Waals surface area contributed by atoms with Crippen LogP contribution in [-0.4, -0.2) is 44.8 Å². The molecule has 1 N–H and O–H groups in total. The second-order valence-electron chi connectivity index (χ2n) is 5.42. The Morgan fingerprint density at radius 2 is 2.11 bits per heavy atom. The van der Waals surface area contributed by atoms with Gasteiger partial charge in [0.05, 0.1) is 13.7 Å². The van der Waals surface area contributed by atoms with Crippen molar-refractivity contribution >= 4 is 0 Å². The van der Waals surface area contributed by atoms with Gasteiger partial charge in [-0.3, -0.25) is 4.90 Å². The Morgan fingerprint density at radius 3 is 2.84 bits per heavy atom. The lowest BCUT2D eigenvalue weighted by Gasteiger charge is -2.41. The molecule has 2 aliphatic rings. The van der Waals surface area contributed by atoms with Crippen molar-refractivity contribution < 1.29 is 9.47 Å². The molecule has 2 heterocycles. The van der Waals surface area contributed by atoms with Crippen LogP contribution in [0.15, 0.2) is 18.2 Å². The van der Waals surface area contributed by atoms with Crippen LogP contribution in [0.4, 0.5) is 0 Å². The first kappa shape index (κ1) is 12.8. The third-order valence-electron chi connectivity index (χ3n) is 4.12. The fraction of sp³-hybridized carbons (Fsp3) is 0.600. The summed E-state index contributed by atoms with van der Waals surface area (Å²) in [4.78, 5) is 2.57. The van der Waals surface area contributed by atoms with Gasteiger partial charge in [-0.1, -0.05) is 6.92 Å². The maximum Gasteiger partial charge on any atom is 0.124 e. The van der Waals surface area contributed by atoms with Crippen molar-refractivity contribution in [1.82, 2.24) is 10.2 Å². The molecule has 0 saturated carbocycles. The van der Waals surface area contributed by atoms with Crippen molar-refractivity contribution in [2.75, 3.05) is 39.9 Å². The second-order valence-corrected chi connectivity index (χ2v) is 5.42. The molecule has 1 aromatic carbocycles. The van der Waals surface area contributed by atoms with Crippen molar-refractivity contribution in [1.29, 1.82) is 0 Å². The van der Waals surface area contributed by atoms with Crippen LogP contribution in [0, 0.1) is 5.92 Å². The van der Waals surface area contributed by atoms with E-state index in [2.05, 4.69) is 23.2 Å². The van der Waals surface area contributed by atoms with Crippen molar-refractivity contribution in [3.63, 3.8) is 0 Å². The van der Waals surface area contributed by atoms with E-state index in [0.29, 0.717) is 12.0 Å². The van der Waals surface area contributed by atoms with Gasteiger partial charge in [-0.25, -0.2) is 0 Å². The van der Waals surface area contributed by atoms with E-state index >= 15 is 0 Å². The summed E-state index contributed by atoms with van der Waals surface area (Å²) in [7, 11) is 1.72. The smallest absolute Gasteiger partial charge is 0.124 e. The molecule has 2 atom stereocenters. The molecule has 2 aliphatic heterocycles. The lowest BCUT2D eigenvalue weighted by Crippen LogP contribution is -2.48. The van der Waals surface area contributed by atoms with Crippen LogP contribution >= 0.6 is 0 Å². The number of piperazine rings is 1. The Kier molecular flexibility index (Phi) is 3.62. The molecule has 0 aromatic heterocycles. The summed E-state index contributed by atoms with van der Waals surface area (Å²) in [6.07, 6.45) is 0. The number of hydrogen-bond donors (Lipinski definition) is 1. The first-order chi connectivity index (χ1) is 9.29. The Hall–Kier alpha value is -1.26. The SMILES string of the molecule is COc1ccc2c(c1)C(N1CCNCC1)C(C)CO2. The molecule has 0 bridgehead atoms. The monoisotopic (exact) mass is 262 g/mol. The Balaban J connectivity index is 1.94. The summed E-state index contributed by atoms with van der Waals surface area (Å²) in [5.74, 6) is 2.44. The number of nitrogens with zero attached hydrogens (tertiary/aromatic N) is 1. The molecule has 1 saturated heterocycles. The topological polar surface area (TPSA) is 33.7 Å². The summed E-state index contributed by atoms with van der Waals surface area (Å²) in [5, 5.41) is 3.42. The molecule has 1 fully saturated rings. The van der Waals surface area contributed by atoms with Gasteiger partial charge < -0.3 is 14.8 Å². The number of methoxy groups -OCH3 is 1. The fourth-order valence-electron chi connectivity index (χ4n) is 3.15. The van der Waals surface area contributed by atoms with Crippen molar-refractivity contribution in [2.45, 2.75) is 13.0 Å². The molecule has 2 unspecified atom stereocenters. The van der Waals surface area contributed by atoms with Gasteiger partial charge in [-0.15, -0.1) is 0 Å². The highest BCUT2D eigenvalue weighted by atomic mass is 16.5. The lowest BCUT2D eigenvalue weighted by atomic mass is 9.90. The highest BCUT2D eigenvalue weighted by Crippen LogP contribution is 2.40. The molecule has 1 aromatic rings. The molecule has 0 amide bonds. The largest absolute Gasteiger partial charge is 0.497 e. The summed E-state index contributed by atoms with van der Waals surface area (Å²) in [6.45, 7) is 7.42. The lowest BCUT2D eigenvalue weighted by molar-refractivity contribution is 0.0799. The number of hydrogen-bond acceptors (Lipinski definition) is 4. The predicted octanol–water partition coefficient (Wildman–Crippen LogP) is 1.67. The average Bonchev–Trinajstić information content (AvgIpc) is 2.47. The van der Waals surface area contributed by atoms with E-state index in [4.69, 9.17) is 9.47 Å². The molecular formula is C15H22N2O2. The van der Waals surface area contributed by atoms with Crippen LogP contribution in [0.25, 0.3) is 0 Å². The number of ether oxygens (including phenoxy) is 2. The van der Waals surface area contributed by atoms with Gasteiger partial charge in [0.1, 0.15) is 11.5 Å². The second kappa shape index (κ2) is 5.39. The predicted molar refractivity (Wildman–Crippen MR) is 74.8 cm³/mol. The summed E-state index contributed by atoms with van der Waals surface area (Å²) >= 11 is 0. The minimum absolute atomic E-state index is 0.445. The van der Waals surface area contributed by atoms with E-state index in [0.717, 1.165) is 44.3 Å². The van der Waals surface area contributed by atoms with E-state index in [1.165, 1.54) is 5.56 Å². The first-order valence-electron chi connectivity index (χ1n) is 7.05. The molecule has 19 heavy (non-hydrogen) atoms. The highest BCUT2D eigenvalue weighted by Gasteiger charge is 2.33. The van der Waals surface area contributed by atoms with Crippen LogP contribution in [0.5, 0.6) is 11.5 Å². The van der Waals surface area contributed by atoms with Crippen LogP contribution in [-0.2, 0) is 0 Å². The zero-order valence-corrected chi connectivity index (χ0v) is 11.7. The molecule has 104 valence electrons. The van der Waals surface area contributed by atoms with Gasteiger partial charge in [0, 0.05) is 43.7 Å². The molecular weight excluding hydrogens is 240 g/mol. The zero-order valence-electron chi connectivity index (χ0n) is 11.7. The molecule has 4 heteroatoms.